The van der Waals surface area contributed by atoms with Crippen LogP contribution in [0.5, 0.6) is 0 Å². The molecule has 1 aliphatic carbocycles. The molecule has 1 heterocycles. The van der Waals surface area contributed by atoms with Crippen LogP contribution in [0.2, 0.25) is 0 Å². The molecule has 2 nitrogen and oxygen atoms in total. The highest BCUT2D eigenvalue weighted by Crippen LogP contribution is 2.41. The topological polar surface area (TPSA) is 18.5 Å². The molecule has 0 N–H and O–H groups in total. The van der Waals surface area contributed by atoms with Gasteiger partial charge in [-0.2, -0.15) is 0 Å². The van der Waals surface area contributed by atoms with Crippen molar-refractivity contribution in [2.75, 3.05) is 0 Å². The Morgan fingerprint density at radius 2 is 1.57 bits per heavy atom. The van der Waals surface area contributed by atoms with Gasteiger partial charge in [-0.1, -0.05) is 27.7 Å². The average molecular weight is 200 g/mol. The second-order valence-corrected chi connectivity index (χ2v) is 4.38. The van der Waals surface area contributed by atoms with Crippen molar-refractivity contribution in [3.8, 4) is 0 Å². The fourth-order valence-electron chi connectivity index (χ4n) is 2.28. The van der Waals surface area contributed by atoms with E-state index >= 15 is 0 Å². The first-order chi connectivity index (χ1) is 6.63. The molecule has 0 radical (unpaired) electrons. The van der Waals surface area contributed by atoms with Crippen LogP contribution < -0.4 is 0 Å². The molecule has 84 valence electrons. The second kappa shape index (κ2) is 4.63. The van der Waals surface area contributed by atoms with Gasteiger partial charge < -0.3 is 9.47 Å². The molecule has 0 bridgehead atoms. The van der Waals surface area contributed by atoms with Crippen molar-refractivity contribution >= 4 is 0 Å². The van der Waals surface area contributed by atoms with Gasteiger partial charge in [0, 0.05) is 0 Å². The van der Waals surface area contributed by atoms with Gasteiger partial charge >= 0.3 is 0 Å². The van der Waals surface area contributed by atoms with Crippen molar-refractivity contribution in [2.24, 2.45) is 5.92 Å². The Bertz CT molecular complexity index is 165. The number of ether oxygens (including phenoxy) is 2. The summed E-state index contributed by atoms with van der Waals surface area (Å²) in [4.78, 5) is 0. The molecule has 2 fully saturated rings. The molecule has 1 saturated carbocycles. The first-order valence-corrected chi connectivity index (χ1v) is 5.98. The van der Waals surface area contributed by atoms with Crippen LogP contribution in [-0.4, -0.2) is 18.0 Å². The Morgan fingerprint density at radius 3 is 1.93 bits per heavy atom. The van der Waals surface area contributed by atoms with E-state index in [1.54, 1.807) is 0 Å². The first kappa shape index (κ1) is 12.0. The fraction of sp³-hybridized carbons (Fsp3) is 1.00. The molecule has 0 amide bonds. The van der Waals surface area contributed by atoms with Crippen molar-refractivity contribution in [1.29, 1.82) is 0 Å². The van der Waals surface area contributed by atoms with Crippen LogP contribution in [0.25, 0.3) is 0 Å². The van der Waals surface area contributed by atoms with Gasteiger partial charge in [-0.25, -0.2) is 0 Å². The molecule has 2 aliphatic rings. The maximum absolute atomic E-state index is 5.87. The summed E-state index contributed by atoms with van der Waals surface area (Å²) < 4.78 is 11.7. The lowest BCUT2D eigenvalue weighted by molar-refractivity contribution is -0.169. The SMILES string of the molecule is CC.CCC1(C)OC2CC(C)CC2O1. The van der Waals surface area contributed by atoms with Crippen LogP contribution >= 0.6 is 0 Å². The monoisotopic (exact) mass is 200 g/mol. The van der Waals surface area contributed by atoms with Gasteiger partial charge in [-0.05, 0) is 32.1 Å². The normalized spacial score (nSPS) is 45.6. The molecule has 1 saturated heterocycles. The van der Waals surface area contributed by atoms with E-state index in [1.165, 1.54) is 12.8 Å². The molecule has 14 heavy (non-hydrogen) atoms. The van der Waals surface area contributed by atoms with E-state index in [9.17, 15) is 0 Å². The third-order valence-electron chi connectivity index (χ3n) is 3.13. The summed E-state index contributed by atoms with van der Waals surface area (Å²) in [6.07, 6.45) is 4.07. The van der Waals surface area contributed by atoms with Gasteiger partial charge in [-0.15, -0.1) is 0 Å². The van der Waals surface area contributed by atoms with Gasteiger partial charge in [0.05, 0.1) is 12.2 Å². The van der Waals surface area contributed by atoms with E-state index in [4.69, 9.17) is 9.47 Å². The molecule has 0 spiro atoms. The van der Waals surface area contributed by atoms with Crippen molar-refractivity contribution in [1.82, 2.24) is 0 Å². The summed E-state index contributed by atoms with van der Waals surface area (Å²) in [7, 11) is 0. The lowest BCUT2D eigenvalue weighted by Crippen LogP contribution is -2.26. The quantitative estimate of drug-likeness (QED) is 0.646. The maximum Gasteiger partial charge on any atom is 0.166 e. The highest BCUT2D eigenvalue weighted by atomic mass is 16.8. The van der Waals surface area contributed by atoms with Crippen LogP contribution in [0.1, 0.15) is 53.9 Å². The van der Waals surface area contributed by atoms with Crippen molar-refractivity contribution < 1.29 is 9.47 Å². The highest BCUT2D eigenvalue weighted by Gasteiger charge is 2.47. The minimum absolute atomic E-state index is 0.282. The Labute approximate surface area is 88.0 Å². The molecule has 2 heteroatoms. The fourth-order valence-corrected chi connectivity index (χ4v) is 2.28. The summed E-state index contributed by atoms with van der Waals surface area (Å²) >= 11 is 0. The molecule has 0 aromatic rings. The average Bonchev–Trinajstić information content (AvgIpc) is 2.62. The van der Waals surface area contributed by atoms with E-state index in [0.717, 1.165) is 12.3 Å². The lowest BCUT2D eigenvalue weighted by atomic mass is 10.1. The standard InChI is InChI=1S/C10H18O2.C2H6/c1-4-10(3)11-8-5-7(2)6-9(8)12-10;1-2/h7-9H,4-6H2,1-3H3;1-2H3. The summed E-state index contributed by atoms with van der Waals surface area (Å²) in [5.74, 6) is 0.497. The largest absolute Gasteiger partial charge is 0.344 e. The number of rotatable bonds is 1. The molecular weight excluding hydrogens is 176 g/mol. The zero-order valence-corrected chi connectivity index (χ0v) is 10.2. The van der Waals surface area contributed by atoms with Crippen molar-refractivity contribution in [2.45, 2.75) is 71.9 Å². The summed E-state index contributed by atoms with van der Waals surface area (Å²) in [6.45, 7) is 10.4. The molecule has 1 aliphatic heterocycles. The number of hydrogen-bond acceptors (Lipinski definition) is 2. The highest BCUT2D eigenvalue weighted by molar-refractivity contribution is 4.90. The Balaban J connectivity index is 0.000000461. The number of fused-ring (bicyclic) bond motifs is 1. The summed E-state index contributed by atoms with van der Waals surface area (Å²) in [5.41, 5.74) is 0. The van der Waals surface area contributed by atoms with Crippen molar-refractivity contribution in [3.05, 3.63) is 0 Å². The zero-order valence-electron chi connectivity index (χ0n) is 10.2. The first-order valence-electron chi connectivity index (χ1n) is 5.98. The van der Waals surface area contributed by atoms with Gasteiger partial charge in [0.2, 0.25) is 0 Å². The van der Waals surface area contributed by atoms with Crippen LogP contribution in [0.15, 0.2) is 0 Å². The minimum Gasteiger partial charge on any atom is -0.344 e. The van der Waals surface area contributed by atoms with Gasteiger partial charge in [0.15, 0.2) is 5.79 Å². The van der Waals surface area contributed by atoms with Crippen LogP contribution in [0.4, 0.5) is 0 Å². The van der Waals surface area contributed by atoms with Crippen molar-refractivity contribution in [3.63, 3.8) is 0 Å². The lowest BCUT2D eigenvalue weighted by Gasteiger charge is -2.22. The summed E-state index contributed by atoms with van der Waals surface area (Å²) in [6, 6.07) is 0. The molecular formula is C12H24O2. The molecule has 2 rings (SSSR count). The number of hydrogen-bond donors (Lipinski definition) is 0. The molecule has 2 unspecified atom stereocenters. The van der Waals surface area contributed by atoms with E-state index in [2.05, 4.69) is 20.8 Å². The maximum atomic E-state index is 5.87. The molecule has 0 aromatic carbocycles. The van der Waals surface area contributed by atoms with Crippen LogP contribution in [0.3, 0.4) is 0 Å². The zero-order chi connectivity index (χ0) is 10.8. The Morgan fingerprint density at radius 1 is 1.14 bits per heavy atom. The van der Waals surface area contributed by atoms with E-state index in [-0.39, 0.29) is 5.79 Å². The third kappa shape index (κ3) is 2.29. The Hall–Kier alpha value is -0.0800. The van der Waals surface area contributed by atoms with Gasteiger partial charge in [-0.3, -0.25) is 0 Å². The minimum atomic E-state index is -0.282. The molecule has 2 atom stereocenters. The second-order valence-electron chi connectivity index (χ2n) is 4.38. The van der Waals surface area contributed by atoms with E-state index in [1.807, 2.05) is 13.8 Å². The predicted octanol–water partition coefficient (Wildman–Crippen LogP) is 3.35. The summed E-state index contributed by atoms with van der Waals surface area (Å²) in [5, 5.41) is 0. The van der Waals surface area contributed by atoms with Gasteiger partial charge in [0.1, 0.15) is 0 Å². The smallest absolute Gasteiger partial charge is 0.166 e. The Kier molecular flexibility index (Phi) is 3.96. The van der Waals surface area contributed by atoms with Gasteiger partial charge in [0.25, 0.3) is 0 Å². The van der Waals surface area contributed by atoms with E-state index < -0.39 is 0 Å². The molecule has 0 aromatic heterocycles. The third-order valence-corrected chi connectivity index (χ3v) is 3.13. The van der Waals surface area contributed by atoms with Crippen LogP contribution in [-0.2, 0) is 9.47 Å². The van der Waals surface area contributed by atoms with Crippen LogP contribution in [0, 0.1) is 5.92 Å². The predicted molar refractivity (Wildman–Crippen MR) is 58.2 cm³/mol. The van der Waals surface area contributed by atoms with E-state index in [0.29, 0.717) is 12.2 Å².